The van der Waals surface area contributed by atoms with Crippen LogP contribution in [0.4, 0.5) is 22.7 Å². The number of ether oxygens (including phenoxy) is 2. The van der Waals surface area contributed by atoms with E-state index in [1.807, 2.05) is 26.0 Å². The summed E-state index contributed by atoms with van der Waals surface area (Å²) in [6, 6.07) is 21.2. The van der Waals surface area contributed by atoms with Crippen LogP contribution >= 0.6 is 11.8 Å². The average molecular weight is 547 g/mol. The molecule has 1 aliphatic rings. The largest absolute Gasteiger partial charge is 0.494 e. The Balaban J connectivity index is 1.58. The number of hydrogen-bond donors (Lipinski definition) is 2. The summed E-state index contributed by atoms with van der Waals surface area (Å²) in [7, 11) is 0. The molecule has 0 unspecified atom stereocenters. The van der Waals surface area contributed by atoms with Crippen LogP contribution in [0.25, 0.3) is 0 Å². The van der Waals surface area contributed by atoms with Crippen LogP contribution in [-0.4, -0.2) is 41.4 Å². The average Bonchev–Trinajstić information content (AvgIpc) is 2.91. The summed E-state index contributed by atoms with van der Waals surface area (Å²) in [6.45, 7) is 6.33. The van der Waals surface area contributed by atoms with Gasteiger partial charge in [0.2, 0.25) is 17.7 Å². The van der Waals surface area contributed by atoms with Gasteiger partial charge in [-0.1, -0.05) is 11.8 Å². The summed E-state index contributed by atoms with van der Waals surface area (Å²) in [5.74, 6) is 0.680. The predicted octanol–water partition coefficient (Wildman–Crippen LogP) is 5.61. The summed E-state index contributed by atoms with van der Waals surface area (Å²) in [6.07, 6.45) is -0.00398. The maximum atomic E-state index is 13.4. The molecule has 2 N–H and O–H groups in total. The molecule has 1 heterocycles. The van der Waals surface area contributed by atoms with E-state index in [2.05, 4.69) is 10.6 Å². The molecule has 3 amide bonds. The summed E-state index contributed by atoms with van der Waals surface area (Å²) < 4.78 is 11.1. The van der Waals surface area contributed by atoms with Crippen LogP contribution < -0.4 is 25.0 Å². The first-order valence-electron chi connectivity index (χ1n) is 12.6. The van der Waals surface area contributed by atoms with E-state index in [4.69, 9.17) is 14.5 Å². The van der Waals surface area contributed by atoms with Gasteiger partial charge in [-0.25, -0.2) is 4.99 Å². The number of anilines is 3. The van der Waals surface area contributed by atoms with E-state index < -0.39 is 5.25 Å². The number of thioether (sulfide) groups is 1. The molecule has 4 rings (SSSR count). The second-order valence-electron chi connectivity index (χ2n) is 8.54. The minimum atomic E-state index is -0.687. The second-order valence-corrected chi connectivity index (χ2v) is 9.71. The van der Waals surface area contributed by atoms with Gasteiger partial charge in [-0.05, 0) is 86.6 Å². The summed E-state index contributed by atoms with van der Waals surface area (Å²) >= 11 is 1.22. The van der Waals surface area contributed by atoms with Crippen LogP contribution in [0.3, 0.4) is 0 Å². The van der Waals surface area contributed by atoms with Crippen molar-refractivity contribution in [2.24, 2.45) is 4.99 Å². The Hall–Kier alpha value is -4.31. The van der Waals surface area contributed by atoms with Gasteiger partial charge in [0.15, 0.2) is 5.17 Å². The van der Waals surface area contributed by atoms with Gasteiger partial charge in [0.1, 0.15) is 16.7 Å². The molecule has 3 aromatic carbocycles. The van der Waals surface area contributed by atoms with Crippen LogP contribution in [0.1, 0.15) is 27.2 Å². The Morgan fingerprint density at radius 3 is 1.95 bits per heavy atom. The molecule has 0 saturated carbocycles. The number of amidine groups is 1. The Morgan fingerprint density at radius 2 is 1.41 bits per heavy atom. The highest BCUT2D eigenvalue weighted by Gasteiger charge is 2.37. The van der Waals surface area contributed by atoms with E-state index >= 15 is 0 Å². The maximum Gasteiger partial charge on any atom is 0.238 e. The molecule has 1 fully saturated rings. The highest BCUT2D eigenvalue weighted by Crippen LogP contribution is 2.34. The zero-order valence-corrected chi connectivity index (χ0v) is 22.8. The highest BCUT2D eigenvalue weighted by atomic mass is 32.2. The molecule has 1 atom stereocenters. The van der Waals surface area contributed by atoms with E-state index in [1.165, 1.54) is 23.6 Å². The first-order valence-corrected chi connectivity index (χ1v) is 13.5. The Kier molecular flexibility index (Phi) is 9.22. The minimum absolute atomic E-state index is 0.00398. The van der Waals surface area contributed by atoms with Gasteiger partial charge in [0.05, 0.1) is 24.6 Å². The lowest BCUT2D eigenvalue weighted by molar-refractivity contribution is -0.121. The van der Waals surface area contributed by atoms with Gasteiger partial charge in [0, 0.05) is 24.7 Å². The molecule has 202 valence electrons. The van der Waals surface area contributed by atoms with Gasteiger partial charge in [-0.2, -0.15) is 0 Å². The molecule has 0 radical (unpaired) electrons. The number of carbonyl (C=O) groups is 3. The Bertz CT molecular complexity index is 1340. The van der Waals surface area contributed by atoms with Crippen LogP contribution in [0.15, 0.2) is 77.8 Å². The van der Waals surface area contributed by atoms with Crippen molar-refractivity contribution >= 4 is 57.4 Å². The van der Waals surface area contributed by atoms with Crippen molar-refractivity contribution in [1.29, 1.82) is 0 Å². The highest BCUT2D eigenvalue weighted by molar-refractivity contribution is 8.15. The van der Waals surface area contributed by atoms with Crippen LogP contribution in [0, 0.1) is 0 Å². The predicted molar refractivity (Wildman–Crippen MR) is 155 cm³/mol. The van der Waals surface area contributed by atoms with Crippen molar-refractivity contribution in [1.82, 2.24) is 0 Å². The number of benzene rings is 3. The van der Waals surface area contributed by atoms with Crippen LogP contribution in [-0.2, 0) is 14.4 Å². The third-order valence-electron chi connectivity index (χ3n) is 5.59. The fourth-order valence-electron chi connectivity index (χ4n) is 3.87. The number of carbonyl (C=O) groups excluding carboxylic acids is 3. The third-order valence-corrected chi connectivity index (χ3v) is 6.74. The smallest absolute Gasteiger partial charge is 0.238 e. The van der Waals surface area contributed by atoms with Crippen LogP contribution in [0.5, 0.6) is 11.5 Å². The summed E-state index contributed by atoms with van der Waals surface area (Å²) in [4.78, 5) is 44.1. The monoisotopic (exact) mass is 546 g/mol. The van der Waals surface area contributed by atoms with Crippen molar-refractivity contribution < 1.29 is 23.9 Å². The van der Waals surface area contributed by atoms with Crippen molar-refractivity contribution in [2.75, 3.05) is 28.7 Å². The fraction of sp³-hybridized carbons (Fsp3) is 0.241. The SMILES string of the molecule is CCOc1ccc(N=C2S[C@@H](C(=O)Nc3ccc(NC(C)=O)cc3)CC(=O)N2c2ccc(OCC)cc2)cc1. The summed E-state index contributed by atoms with van der Waals surface area (Å²) in [5, 5.41) is 5.25. The molecular weight excluding hydrogens is 516 g/mol. The fourth-order valence-corrected chi connectivity index (χ4v) is 4.99. The maximum absolute atomic E-state index is 13.4. The van der Waals surface area contributed by atoms with Crippen LogP contribution in [0.2, 0.25) is 0 Å². The van der Waals surface area contributed by atoms with Gasteiger partial charge in [0.25, 0.3) is 0 Å². The van der Waals surface area contributed by atoms with E-state index in [9.17, 15) is 14.4 Å². The number of nitrogens with one attached hydrogen (secondary N) is 2. The number of aliphatic imine (C=N–C) groups is 1. The lowest BCUT2D eigenvalue weighted by Crippen LogP contribution is -2.45. The molecule has 0 bridgehead atoms. The zero-order chi connectivity index (χ0) is 27.8. The van der Waals surface area contributed by atoms with Crippen molar-refractivity contribution in [3.8, 4) is 11.5 Å². The lowest BCUT2D eigenvalue weighted by atomic mass is 10.2. The Morgan fingerprint density at radius 1 is 0.872 bits per heavy atom. The quantitative estimate of drug-likeness (QED) is 0.361. The van der Waals surface area contributed by atoms with Gasteiger partial charge in [-0.15, -0.1) is 0 Å². The molecule has 9 nitrogen and oxygen atoms in total. The lowest BCUT2D eigenvalue weighted by Gasteiger charge is -2.32. The first kappa shape index (κ1) is 27.7. The van der Waals surface area contributed by atoms with Crippen molar-refractivity contribution in [2.45, 2.75) is 32.4 Å². The molecule has 39 heavy (non-hydrogen) atoms. The van der Waals surface area contributed by atoms with E-state index in [1.54, 1.807) is 60.7 Å². The van der Waals surface area contributed by atoms with Gasteiger partial charge < -0.3 is 20.1 Å². The molecule has 3 aromatic rings. The Labute approximate surface area is 231 Å². The first-order chi connectivity index (χ1) is 18.9. The normalized spacial score (nSPS) is 16.1. The second kappa shape index (κ2) is 13.0. The number of hydrogen-bond acceptors (Lipinski definition) is 7. The van der Waals surface area contributed by atoms with E-state index in [0.29, 0.717) is 46.9 Å². The summed E-state index contributed by atoms with van der Waals surface area (Å²) in [5.41, 5.74) is 2.44. The number of nitrogens with zero attached hydrogens (tertiary/aromatic N) is 2. The zero-order valence-electron chi connectivity index (χ0n) is 22.0. The van der Waals surface area contributed by atoms with Gasteiger partial charge in [-0.3, -0.25) is 19.3 Å². The number of rotatable bonds is 9. The molecule has 0 aliphatic carbocycles. The third kappa shape index (κ3) is 7.38. The topological polar surface area (TPSA) is 109 Å². The molecule has 0 aromatic heterocycles. The van der Waals surface area contributed by atoms with E-state index in [-0.39, 0.29) is 24.1 Å². The molecular formula is C29H30N4O5S. The molecule has 1 saturated heterocycles. The van der Waals surface area contributed by atoms with Gasteiger partial charge >= 0.3 is 0 Å². The van der Waals surface area contributed by atoms with E-state index in [0.717, 1.165) is 5.75 Å². The molecule has 1 aliphatic heterocycles. The molecule has 0 spiro atoms. The van der Waals surface area contributed by atoms with Crippen molar-refractivity contribution in [3.05, 3.63) is 72.8 Å². The molecule has 10 heteroatoms. The standard InChI is InChI=1S/C29H30N4O5S/c1-4-37-24-14-10-22(11-15-24)32-29-33(23-12-16-25(17-13-23)38-5-2)27(35)18-26(39-29)28(36)31-21-8-6-20(7-9-21)30-19(3)34/h6-17,26H,4-5,18H2,1-3H3,(H,30,34)(H,31,36)/t26-/m1/s1. The number of amides is 3. The minimum Gasteiger partial charge on any atom is -0.494 e. The van der Waals surface area contributed by atoms with Crippen molar-refractivity contribution in [3.63, 3.8) is 0 Å².